The quantitative estimate of drug-likeness (QED) is 0.404. The van der Waals surface area contributed by atoms with Gasteiger partial charge in [0.1, 0.15) is 0 Å². The highest BCUT2D eigenvalue weighted by Crippen LogP contribution is 1.53. The molecular formula is C8H14N4O3. The average Bonchev–Trinajstić information content (AvgIpc) is 2.19. The molecule has 0 heterocycles. The molecule has 7 nitrogen and oxygen atoms in total. The molecule has 84 valence electrons. The highest BCUT2D eigenvalue weighted by Gasteiger charge is 1.70. The van der Waals surface area contributed by atoms with Gasteiger partial charge in [-0.05, 0) is 18.9 Å². The van der Waals surface area contributed by atoms with Crippen molar-refractivity contribution in [2.45, 2.75) is 0 Å². The number of nitrogens with zero attached hydrogens (tertiary/aromatic N) is 1. The third-order valence-corrected chi connectivity index (χ3v) is 0.558. The van der Waals surface area contributed by atoms with Gasteiger partial charge in [0.05, 0.1) is 0 Å². The van der Waals surface area contributed by atoms with Crippen molar-refractivity contribution < 1.29 is 14.4 Å². The number of nitrogens with two attached hydrogens (primary N) is 3. The third-order valence-electron chi connectivity index (χ3n) is 0.558. The van der Waals surface area contributed by atoms with Gasteiger partial charge >= 0.3 is 6.03 Å². The summed E-state index contributed by atoms with van der Waals surface area (Å²) in [6.45, 7) is 9.01. The van der Waals surface area contributed by atoms with Crippen molar-refractivity contribution in [3.05, 3.63) is 25.3 Å². The molecular weight excluding hydrogens is 200 g/mol. The largest absolute Gasteiger partial charge is 0.366 e. The number of aliphatic imine (C=N–C) groups is 1. The number of primary amides is 3. The van der Waals surface area contributed by atoms with Gasteiger partial charge in [-0.3, -0.25) is 9.59 Å². The number of urea groups is 1. The number of carbonyl (C=O) groups is 3. The van der Waals surface area contributed by atoms with Crippen molar-refractivity contribution in [2.24, 2.45) is 22.2 Å². The van der Waals surface area contributed by atoms with E-state index in [9.17, 15) is 14.4 Å². The number of hydrogen-bond donors (Lipinski definition) is 3. The minimum absolute atomic E-state index is 0.481. The van der Waals surface area contributed by atoms with Gasteiger partial charge in [-0.15, -0.1) is 0 Å². The van der Waals surface area contributed by atoms with Crippen LogP contribution in [0.1, 0.15) is 0 Å². The van der Waals surface area contributed by atoms with E-state index < -0.39 is 17.8 Å². The van der Waals surface area contributed by atoms with E-state index in [2.05, 4.69) is 42.1 Å². The summed E-state index contributed by atoms with van der Waals surface area (Å²) in [6.07, 6.45) is 2.11. The second kappa shape index (κ2) is 14.1. The van der Waals surface area contributed by atoms with Crippen LogP contribution in [0, 0.1) is 0 Å². The van der Waals surface area contributed by atoms with Crippen LogP contribution in [0.15, 0.2) is 30.3 Å². The van der Waals surface area contributed by atoms with Crippen LogP contribution in [0.4, 0.5) is 4.79 Å². The summed E-state index contributed by atoms with van der Waals surface area (Å²) >= 11 is 0. The highest BCUT2D eigenvalue weighted by atomic mass is 16.2. The van der Waals surface area contributed by atoms with Crippen LogP contribution in [-0.4, -0.2) is 24.6 Å². The van der Waals surface area contributed by atoms with Crippen LogP contribution < -0.4 is 17.2 Å². The zero-order chi connectivity index (χ0) is 12.9. The minimum atomic E-state index is -0.731. The molecule has 0 bridgehead atoms. The van der Waals surface area contributed by atoms with E-state index in [0.717, 1.165) is 12.2 Å². The molecule has 0 aliphatic heterocycles. The summed E-state index contributed by atoms with van der Waals surface area (Å²) in [7, 11) is 0. The number of hydrogen-bond acceptors (Lipinski definition) is 3. The fourth-order valence-corrected chi connectivity index (χ4v) is 0. The Labute approximate surface area is 87.3 Å². The summed E-state index contributed by atoms with van der Waals surface area (Å²) in [5, 5.41) is 0. The van der Waals surface area contributed by atoms with Gasteiger partial charge in [-0.25, -0.2) is 9.79 Å². The van der Waals surface area contributed by atoms with Gasteiger partial charge in [0.15, 0.2) is 0 Å². The van der Waals surface area contributed by atoms with Crippen LogP contribution in [0.25, 0.3) is 0 Å². The maximum atomic E-state index is 9.47. The molecule has 0 rings (SSSR count). The molecule has 0 saturated heterocycles. The van der Waals surface area contributed by atoms with E-state index in [0.29, 0.717) is 0 Å². The van der Waals surface area contributed by atoms with E-state index in [4.69, 9.17) is 0 Å². The molecule has 0 aliphatic rings. The lowest BCUT2D eigenvalue weighted by Crippen LogP contribution is -2.04. The third kappa shape index (κ3) is 83.4. The van der Waals surface area contributed by atoms with Crippen LogP contribution in [-0.2, 0) is 9.59 Å². The van der Waals surface area contributed by atoms with Crippen LogP contribution in [0.2, 0.25) is 0 Å². The molecule has 0 aromatic rings. The summed E-state index contributed by atoms with van der Waals surface area (Å²) in [5.74, 6) is -0.963. The summed E-state index contributed by atoms with van der Waals surface area (Å²) < 4.78 is 0. The summed E-state index contributed by atoms with van der Waals surface area (Å²) in [6, 6.07) is -0.731. The highest BCUT2D eigenvalue weighted by molar-refractivity contribution is 5.85. The first kappa shape index (κ1) is 18.4. The van der Waals surface area contributed by atoms with Gasteiger partial charge in [-0.1, -0.05) is 13.2 Å². The zero-order valence-electron chi connectivity index (χ0n) is 8.18. The second-order valence-electron chi connectivity index (χ2n) is 1.71. The van der Waals surface area contributed by atoms with E-state index in [-0.39, 0.29) is 0 Å². The Bertz CT molecular complexity index is 218. The molecule has 7 heteroatoms. The van der Waals surface area contributed by atoms with Crippen molar-refractivity contribution >= 4 is 24.6 Å². The maximum absolute atomic E-state index is 9.47. The molecule has 15 heavy (non-hydrogen) atoms. The molecule has 0 spiro atoms. The Hall–Kier alpha value is -2.44. The molecule has 0 unspecified atom stereocenters. The van der Waals surface area contributed by atoms with Gasteiger partial charge in [0.25, 0.3) is 0 Å². The number of carbonyl (C=O) groups excluding carboxylic acids is 3. The smallest absolute Gasteiger partial charge is 0.337 e. The number of rotatable bonds is 2. The molecule has 0 saturated carbocycles. The monoisotopic (exact) mass is 214 g/mol. The average molecular weight is 214 g/mol. The first-order valence-electron chi connectivity index (χ1n) is 3.41. The van der Waals surface area contributed by atoms with Gasteiger partial charge in [0, 0.05) is 0 Å². The van der Waals surface area contributed by atoms with Crippen molar-refractivity contribution in [3.8, 4) is 0 Å². The van der Waals surface area contributed by atoms with E-state index >= 15 is 0 Å². The zero-order valence-corrected chi connectivity index (χ0v) is 8.18. The van der Waals surface area contributed by atoms with Gasteiger partial charge in [-0.2, -0.15) is 0 Å². The SMILES string of the molecule is C=CC(N)=O.C=CC(N)=O.C=NC(N)=O. The van der Waals surface area contributed by atoms with E-state index in [1.54, 1.807) is 0 Å². The predicted molar refractivity (Wildman–Crippen MR) is 57.9 cm³/mol. The normalized spacial score (nSPS) is 6.40. The molecule has 0 fully saturated rings. The van der Waals surface area contributed by atoms with Gasteiger partial charge in [0.2, 0.25) is 11.8 Å². The standard InChI is InChI=1S/2C3H5NO.C2H4N2O/c2*1-2-3(4)5;1-4-2(3)5/h2*2H,1H2,(H2,4,5);1H2,(H2,3,5). The Morgan fingerprint density at radius 2 is 1.07 bits per heavy atom. The van der Waals surface area contributed by atoms with Crippen molar-refractivity contribution in [2.75, 3.05) is 0 Å². The molecule has 0 aliphatic carbocycles. The molecule has 6 N–H and O–H groups in total. The maximum Gasteiger partial charge on any atom is 0.337 e. The Morgan fingerprint density at radius 1 is 0.933 bits per heavy atom. The lowest BCUT2D eigenvalue weighted by Gasteiger charge is -1.66. The van der Waals surface area contributed by atoms with E-state index in [1.807, 2.05) is 0 Å². The minimum Gasteiger partial charge on any atom is -0.366 e. The van der Waals surface area contributed by atoms with Crippen molar-refractivity contribution in [1.29, 1.82) is 0 Å². The topological polar surface area (TPSA) is 142 Å². The first-order chi connectivity index (χ1) is 6.81. The molecule has 0 radical (unpaired) electrons. The molecule has 4 amide bonds. The molecule has 0 aromatic heterocycles. The fraction of sp³-hybridized carbons (Fsp3) is 0. The fourth-order valence-electron chi connectivity index (χ4n) is 0. The van der Waals surface area contributed by atoms with Crippen molar-refractivity contribution in [3.63, 3.8) is 0 Å². The first-order valence-corrected chi connectivity index (χ1v) is 3.41. The molecule has 0 aromatic carbocycles. The molecule has 0 atom stereocenters. The summed E-state index contributed by atoms with van der Waals surface area (Å²) in [4.78, 5) is 31.1. The Balaban J connectivity index is -0.000000144. The van der Waals surface area contributed by atoms with Gasteiger partial charge < -0.3 is 17.2 Å². The second-order valence-corrected chi connectivity index (χ2v) is 1.71. The lowest BCUT2D eigenvalue weighted by atomic mass is 10.6. The lowest BCUT2D eigenvalue weighted by molar-refractivity contribution is -0.114. The van der Waals surface area contributed by atoms with Crippen LogP contribution in [0.5, 0.6) is 0 Å². The Morgan fingerprint density at radius 3 is 1.07 bits per heavy atom. The summed E-state index contributed by atoms with van der Waals surface area (Å²) in [5.41, 5.74) is 13.5. The van der Waals surface area contributed by atoms with E-state index in [1.165, 1.54) is 0 Å². The number of amides is 4. The predicted octanol–water partition coefficient (Wildman–Crippen LogP) is -0.919. The van der Waals surface area contributed by atoms with Crippen LogP contribution >= 0.6 is 0 Å². The van der Waals surface area contributed by atoms with Crippen molar-refractivity contribution in [1.82, 2.24) is 0 Å². The Kier molecular flexibility index (Phi) is 17.3. The van der Waals surface area contributed by atoms with Crippen LogP contribution in [0.3, 0.4) is 0 Å².